The molecule has 0 aliphatic carbocycles. The molecule has 0 bridgehead atoms. The lowest BCUT2D eigenvalue weighted by atomic mass is 10.1. The van der Waals surface area contributed by atoms with E-state index in [2.05, 4.69) is 0 Å². The molecule has 0 heterocycles. The average molecular weight is 220 g/mol. The maximum atomic E-state index is 11.2. The summed E-state index contributed by atoms with van der Waals surface area (Å²) in [6.07, 6.45) is 1.49. The molecule has 1 aromatic carbocycles. The van der Waals surface area contributed by atoms with Crippen LogP contribution in [0.1, 0.15) is 19.4 Å². The Morgan fingerprint density at radius 3 is 2.44 bits per heavy atom. The first-order valence-electron chi connectivity index (χ1n) is 5.17. The van der Waals surface area contributed by atoms with Crippen molar-refractivity contribution in [1.82, 2.24) is 0 Å². The molecule has 0 saturated heterocycles. The second-order valence-corrected chi connectivity index (χ2v) is 3.31. The molecule has 0 radical (unpaired) electrons. The number of esters is 1. The zero-order valence-electron chi connectivity index (χ0n) is 9.82. The Hall–Kier alpha value is -1.77. The molecule has 0 amide bonds. The number of hydrogen-bond donors (Lipinski definition) is 0. The van der Waals surface area contributed by atoms with E-state index in [1.165, 1.54) is 6.08 Å². The van der Waals surface area contributed by atoms with E-state index in [1.807, 2.05) is 31.2 Å². The Kier molecular flexibility index (Phi) is 4.58. The van der Waals surface area contributed by atoms with Crippen molar-refractivity contribution in [3.05, 3.63) is 35.9 Å². The highest BCUT2D eigenvalue weighted by Crippen LogP contribution is 2.18. The third-order valence-electron chi connectivity index (χ3n) is 2.17. The molecule has 0 atom stereocenters. The zero-order valence-corrected chi connectivity index (χ0v) is 9.82. The first-order chi connectivity index (χ1) is 7.67. The highest BCUT2D eigenvalue weighted by Gasteiger charge is 2.01. The standard InChI is InChI=1S/C13H16O3/c1-4-16-13(14)9-10(2)11-5-7-12(15-3)8-6-11/h5-9H,4H2,1-3H3/b10-9+. The van der Waals surface area contributed by atoms with Crippen LogP contribution < -0.4 is 4.74 Å². The Labute approximate surface area is 95.7 Å². The molecular weight excluding hydrogens is 204 g/mol. The van der Waals surface area contributed by atoms with E-state index in [0.717, 1.165) is 16.9 Å². The van der Waals surface area contributed by atoms with Crippen molar-refractivity contribution in [1.29, 1.82) is 0 Å². The van der Waals surface area contributed by atoms with E-state index in [0.29, 0.717) is 6.61 Å². The molecular formula is C13H16O3. The van der Waals surface area contributed by atoms with Gasteiger partial charge in [-0.25, -0.2) is 4.79 Å². The summed E-state index contributed by atoms with van der Waals surface area (Å²) < 4.78 is 9.90. The maximum absolute atomic E-state index is 11.2. The fourth-order valence-corrected chi connectivity index (χ4v) is 1.30. The summed E-state index contributed by atoms with van der Waals surface area (Å²) in [5.41, 5.74) is 1.86. The van der Waals surface area contributed by atoms with Crippen molar-refractivity contribution in [2.24, 2.45) is 0 Å². The molecule has 0 saturated carbocycles. The van der Waals surface area contributed by atoms with Gasteiger partial charge in [-0.15, -0.1) is 0 Å². The van der Waals surface area contributed by atoms with Crippen LogP contribution in [0.4, 0.5) is 0 Å². The second kappa shape index (κ2) is 5.95. The van der Waals surface area contributed by atoms with Crippen LogP contribution in [0.25, 0.3) is 5.57 Å². The van der Waals surface area contributed by atoms with Gasteiger partial charge >= 0.3 is 5.97 Å². The summed E-state index contributed by atoms with van der Waals surface area (Å²) in [5.74, 6) is 0.489. The molecule has 86 valence electrons. The van der Waals surface area contributed by atoms with E-state index >= 15 is 0 Å². The van der Waals surface area contributed by atoms with Gasteiger partial charge in [-0.05, 0) is 37.1 Å². The lowest BCUT2D eigenvalue weighted by molar-refractivity contribution is -0.137. The molecule has 0 unspecified atom stereocenters. The van der Waals surface area contributed by atoms with Crippen LogP contribution in [-0.2, 0) is 9.53 Å². The normalized spacial score (nSPS) is 11.1. The fourth-order valence-electron chi connectivity index (χ4n) is 1.30. The summed E-state index contributed by atoms with van der Waals surface area (Å²) in [6, 6.07) is 7.53. The number of benzene rings is 1. The van der Waals surface area contributed by atoms with E-state index in [9.17, 15) is 4.79 Å². The van der Waals surface area contributed by atoms with Gasteiger partial charge in [0.05, 0.1) is 13.7 Å². The first-order valence-corrected chi connectivity index (χ1v) is 5.17. The Bertz CT molecular complexity index is 377. The van der Waals surface area contributed by atoms with Crippen molar-refractivity contribution in [2.75, 3.05) is 13.7 Å². The molecule has 3 nitrogen and oxygen atoms in total. The largest absolute Gasteiger partial charge is 0.497 e. The Morgan fingerprint density at radius 1 is 1.31 bits per heavy atom. The lowest BCUT2D eigenvalue weighted by Crippen LogP contribution is -2.00. The fraction of sp³-hybridized carbons (Fsp3) is 0.308. The van der Waals surface area contributed by atoms with Crippen LogP contribution in [0.3, 0.4) is 0 Å². The number of carbonyl (C=O) groups excluding carboxylic acids is 1. The zero-order chi connectivity index (χ0) is 12.0. The number of allylic oxidation sites excluding steroid dienone is 1. The first kappa shape index (κ1) is 12.3. The summed E-state index contributed by atoms with van der Waals surface area (Å²) in [7, 11) is 1.62. The number of ether oxygens (including phenoxy) is 2. The van der Waals surface area contributed by atoms with Crippen molar-refractivity contribution in [3.8, 4) is 5.75 Å². The summed E-state index contributed by atoms with van der Waals surface area (Å²) in [5, 5.41) is 0. The van der Waals surface area contributed by atoms with E-state index in [1.54, 1.807) is 14.0 Å². The van der Waals surface area contributed by atoms with E-state index in [-0.39, 0.29) is 5.97 Å². The minimum Gasteiger partial charge on any atom is -0.497 e. The maximum Gasteiger partial charge on any atom is 0.331 e. The summed E-state index contributed by atoms with van der Waals surface area (Å²) in [6.45, 7) is 4.05. The van der Waals surface area contributed by atoms with Crippen molar-refractivity contribution in [2.45, 2.75) is 13.8 Å². The predicted molar refractivity (Wildman–Crippen MR) is 63.3 cm³/mol. The van der Waals surface area contributed by atoms with E-state index in [4.69, 9.17) is 9.47 Å². The van der Waals surface area contributed by atoms with Gasteiger partial charge in [0, 0.05) is 6.08 Å². The Balaban J connectivity index is 2.79. The van der Waals surface area contributed by atoms with Gasteiger partial charge in [0.2, 0.25) is 0 Å². The predicted octanol–water partition coefficient (Wildman–Crippen LogP) is 2.66. The third kappa shape index (κ3) is 3.42. The van der Waals surface area contributed by atoms with Crippen LogP contribution in [0.2, 0.25) is 0 Å². The van der Waals surface area contributed by atoms with Gasteiger partial charge in [-0.1, -0.05) is 12.1 Å². The minimum absolute atomic E-state index is 0.309. The van der Waals surface area contributed by atoms with Gasteiger partial charge < -0.3 is 9.47 Å². The molecule has 0 N–H and O–H groups in total. The van der Waals surface area contributed by atoms with Gasteiger partial charge in [0.15, 0.2) is 0 Å². The van der Waals surface area contributed by atoms with Crippen LogP contribution >= 0.6 is 0 Å². The molecule has 0 aliphatic heterocycles. The van der Waals surface area contributed by atoms with Crippen molar-refractivity contribution in [3.63, 3.8) is 0 Å². The number of carbonyl (C=O) groups is 1. The quantitative estimate of drug-likeness (QED) is 0.578. The van der Waals surface area contributed by atoms with Crippen molar-refractivity contribution >= 4 is 11.5 Å². The molecule has 3 heteroatoms. The highest BCUT2D eigenvalue weighted by atomic mass is 16.5. The van der Waals surface area contributed by atoms with Gasteiger partial charge in [-0.2, -0.15) is 0 Å². The van der Waals surface area contributed by atoms with Crippen LogP contribution in [0.5, 0.6) is 5.75 Å². The number of rotatable bonds is 4. The molecule has 0 aromatic heterocycles. The summed E-state index contributed by atoms with van der Waals surface area (Å²) in [4.78, 5) is 11.2. The van der Waals surface area contributed by atoms with Crippen molar-refractivity contribution < 1.29 is 14.3 Å². The van der Waals surface area contributed by atoms with E-state index < -0.39 is 0 Å². The topological polar surface area (TPSA) is 35.5 Å². The smallest absolute Gasteiger partial charge is 0.331 e. The van der Waals surface area contributed by atoms with Crippen LogP contribution in [-0.4, -0.2) is 19.7 Å². The minimum atomic E-state index is -0.309. The lowest BCUT2D eigenvalue weighted by Gasteiger charge is -2.03. The molecule has 1 aromatic rings. The van der Waals surface area contributed by atoms with Gasteiger partial charge in [0.25, 0.3) is 0 Å². The summed E-state index contributed by atoms with van der Waals surface area (Å²) >= 11 is 0. The molecule has 1 rings (SSSR count). The third-order valence-corrected chi connectivity index (χ3v) is 2.17. The van der Waals surface area contributed by atoms with Crippen LogP contribution in [0, 0.1) is 0 Å². The number of methoxy groups -OCH3 is 1. The Morgan fingerprint density at radius 2 is 1.94 bits per heavy atom. The second-order valence-electron chi connectivity index (χ2n) is 3.31. The monoisotopic (exact) mass is 220 g/mol. The van der Waals surface area contributed by atoms with Gasteiger partial charge in [-0.3, -0.25) is 0 Å². The van der Waals surface area contributed by atoms with Crippen LogP contribution in [0.15, 0.2) is 30.3 Å². The molecule has 0 fully saturated rings. The highest BCUT2D eigenvalue weighted by molar-refractivity contribution is 5.90. The van der Waals surface area contributed by atoms with Gasteiger partial charge in [0.1, 0.15) is 5.75 Å². The molecule has 16 heavy (non-hydrogen) atoms. The molecule has 0 spiro atoms. The average Bonchev–Trinajstić information content (AvgIpc) is 2.29. The molecule has 0 aliphatic rings. The number of hydrogen-bond acceptors (Lipinski definition) is 3. The SMILES string of the molecule is CCOC(=O)/C=C(\C)c1ccc(OC)cc1.